The van der Waals surface area contributed by atoms with Crippen molar-refractivity contribution in [1.82, 2.24) is 0 Å². The molecule has 0 atom stereocenters. The molecule has 0 aromatic heterocycles. The van der Waals surface area contributed by atoms with E-state index in [0.717, 1.165) is 12.1 Å². The van der Waals surface area contributed by atoms with Crippen molar-refractivity contribution >= 4 is 27.9 Å². The predicted octanol–water partition coefficient (Wildman–Crippen LogP) is 4.16. The lowest BCUT2D eigenvalue weighted by molar-refractivity contribution is -0.137. The summed E-state index contributed by atoms with van der Waals surface area (Å²) in [5.74, 6) is 0. The third kappa shape index (κ3) is 3.23. The minimum atomic E-state index is -4.35. The van der Waals surface area contributed by atoms with Gasteiger partial charge in [-0.25, -0.2) is 0 Å². The van der Waals surface area contributed by atoms with Crippen LogP contribution in [-0.2, 0) is 6.18 Å². The Hall–Kier alpha value is -0.680. The SMILES string of the molecule is O=C(Cl)Sc1ccc(C(F)(F)F)cc1. The molecule has 14 heavy (non-hydrogen) atoms. The summed E-state index contributed by atoms with van der Waals surface area (Å²) in [4.78, 5) is 10.8. The summed E-state index contributed by atoms with van der Waals surface area (Å²) in [6.45, 7) is 0. The van der Waals surface area contributed by atoms with Crippen LogP contribution in [0.15, 0.2) is 29.2 Å². The Morgan fingerprint density at radius 1 is 1.21 bits per heavy atom. The van der Waals surface area contributed by atoms with Gasteiger partial charge in [0.25, 0.3) is 4.57 Å². The van der Waals surface area contributed by atoms with Crippen LogP contribution in [0.2, 0.25) is 0 Å². The molecule has 0 spiro atoms. The second kappa shape index (κ2) is 4.23. The van der Waals surface area contributed by atoms with Gasteiger partial charge in [-0.05, 0) is 47.6 Å². The molecule has 0 aliphatic heterocycles. The maximum Gasteiger partial charge on any atom is 0.416 e. The van der Waals surface area contributed by atoms with E-state index in [0.29, 0.717) is 16.7 Å². The van der Waals surface area contributed by atoms with Crippen LogP contribution in [0.4, 0.5) is 18.0 Å². The highest BCUT2D eigenvalue weighted by atomic mass is 35.5. The van der Waals surface area contributed by atoms with Gasteiger partial charge in [-0.1, -0.05) is 0 Å². The number of carbonyl (C=O) groups is 1. The van der Waals surface area contributed by atoms with Crippen molar-refractivity contribution in [2.75, 3.05) is 0 Å². The van der Waals surface area contributed by atoms with Crippen LogP contribution in [0.1, 0.15) is 5.56 Å². The van der Waals surface area contributed by atoms with E-state index in [1.54, 1.807) is 0 Å². The normalized spacial score (nSPS) is 11.4. The summed E-state index contributed by atoms with van der Waals surface area (Å²) in [5, 5.41) is 0. The van der Waals surface area contributed by atoms with E-state index < -0.39 is 16.3 Å². The van der Waals surface area contributed by atoms with E-state index >= 15 is 0 Å². The van der Waals surface area contributed by atoms with Crippen LogP contribution in [0.5, 0.6) is 0 Å². The fourth-order valence-electron chi connectivity index (χ4n) is 0.805. The molecule has 1 rings (SSSR count). The van der Waals surface area contributed by atoms with Gasteiger partial charge >= 0.3 is 6.18 Å². The average Bonchev–Trinajstić information content (AvgIpc) is 2.02. The molecular formula is C8H4ClF3OS. The Labute approximate surface area is 87.2 Å². The average molecular weight is 241 g/mol. The third-order valence-electron chi connectivity index (χ3n) is 1.38. The van der Waals surface area contributed by atoms with Gasteiger partial charge in [0.1, 0.15) is 0 Å². The molecule has 0 unspecified atom stereocenters. The zero-order valence-corrected chi connectivity index (χ0v) is 8.21. The molecule has 0 bridgehead atoms. The molecule has 0 saturated heterocycles. The molecule has 0 amide bonds. The second-order valence-corrected chi connectivity index (χ2v) is 3.98. The highest BCUT2D eigenvalue weighted by Crippen LogP contribution is 2.31. The molecule has 0 fully saturated rings. The maximum atomic E-state index is 12.1. The first-order valence-corrected chi connectivity index (χ1v) is 4.63. The Morgan fingerprint density at radius 2 is 1.71 bits per heavy atom. The van der Waals surface area contributed by atoms with Crippen molar-refractivity contribution in [2.24, 2.45) is 0 Å². The van der Waals surface area contributed by atoms with Crippen molar-refractivity contribution in [2.45, 2.75) is 11.1 Å². The molecule has 76 valence electrons. The highest BCUT2D eigenvalue weighted by Gasteiger charge is 2.29. The van der Waals surface area contributed by atoms with Crippen molar-refractivity contribution in [3.63, 3.8) is 0 Å². The largest absolute Gasteiger partial charge is 0.416 e. The summed E-state index contributed by atoms with van der Waals surface area (Å²) in [6.07, 6.45) is -4.35. The van der Waals surface area contributed by atoms with Gasteiger partial charge in [0.15, 0.2) is 0 Å². The minimum absolute atomic E-state index is 0.387. The molecule has 1 aromatic rings. The number of carbonyl (C=O) groups excluding carboxylic acids is 1. The zero-order valence-electron chi connectivity index (χ0n) is 6.64. The second-order valence-electron chi connectivity index (χ2n) is 2.36. The fourth-order valence-corrected chi connectivity index (χ4v) is 1.53. The van der Waals surface area contributed by atoms with Crippen LogP contribution >= 0.6 is 23.4 Å². The van der Waals surface area contributed by atoms with E-state index in [4.69, 9.17) is 11.6 Å². The molecule has 0 saturated carbocycles. The lowest BCUT2D eigenvalue weighted by Gasteiger charge is -2.06. The van der Waals surface area contributed by atoms with Gasteiger partial charge < -0.3 is 0 Å². The van der Waals surface area contributed by atoms with Gasteiger partial charge in [-0.15, -0.1) is 0 Å². The van der Waals surface area contributed by atoms with Crippen LogP contribution in [0, 0.1) is 0 Å². The molecule has 1 aromatic carbocycles. The highest BCUT2D eigenvalue weighted by molar-refractivity contribution is 8.16. The number of hydrogen-bond acceptors (Lipinski definition) is 2. The molecule has 0 N–H and O–H groups in total. The molecular weight excluding hydrogens is 237 g/mol. The smallest absolute Gasteiger partial charge is 0.268 e. The fraction of sp³-hybridized carbons (Fsp3) is 0.125. The monoisotopic (exact) mass is 240 g/mol. The minimum Gasteiger partial charge on any atom is -0.268 e. The summed E-state index contributed by atoms with van der Waals surface area (Å²) >= 11 is 5.72. The first kappa shape index (κ1) is 11.4. The Morgan fingerprint density at radius 3 is 2.07 bits per heavy atom. The van der Waals surface area contributed by atoms with E-state index in [2.05, 4.69) is 0 Å². The third-order valence-corrected chi connectivity index (χ3v) is 2.28. The van der Waals surface area contributed by atoms with Crippen molar-refractivity contribution in [3.8, 4) is 0 Å². The molecule has 0 aliphatic carbocycles. The van der Waals surface area contributed by atoms with E-state index in [9.17, 15) is 18.0 Å². The lowest BCUT2D eigenvalue weighted by atomic mass is 10.2. The molecule has 0 aliphatic rings. The summed E-state index contributed by atoms with van der Waals surface area (Å²) < 4.78 is 35.6. The number of thioether (sulfide) groups is 1. The van der Waals surface area contributed by atoms with E-state index in [1.807, 2.05) is 0 Å². The van der Waals surface area contributed by atoms with E-state index in [1.165, 1.54) is 12.1 Å². The Balaban J connectivity index is 2.84. The standard InChI is InChI=1S/C8H4ClF3OS/c9-7(13)14-6-3-1-5(2-4-6)8(10,11)12/h1-4H. The molecule has 6 heteroatoms. The van der Waals surface area contributed by atoms with Crippen molar-refractivity contribution in [1.29, 1.82) is 0 Å². The van der Waals surface area contributed by atoms with Gasteiger partial charge in [0, 0.05) is 4.90 Å². The predicted molar refractivity (Wildman–Crippen MR) is 48.6 cm³/mol. The van der Waals surface area contributed by atoms with Crippen molar-refractivity contribution < 1.29 is 18.0 Å². The first-order valence-electron chi connectivity index (χ1n) is 3.44. The van der Waals surface area contributed by atoms with Crippen LogP contribution in [0.25, 0.3) is 0 Å². The molecule has 0 heterocycles. The number of halogens is 4. The van der Waals surface area contributed by atoms with Gasteiger partial charge in [0.05, 0.1) is 5.56 Å². The lowest BCUT2D eigenvalue weighted by Crippen LogP contribution is -2.03. The van der Waals surface area contributed by atoms with Crippen LogP contribution < -0.4 is 0 Å². The Kier molecular flexibility index (Phi) is 3.44. The van der Waals surface area contributed by atoms with E-state index in [-0.39, 0.29) is 0 Å². The van der Waals surface area contributed by atoms with Gasteiger partial charge in [-0.3, -0.25) is 4.79 Å². The number of alkyl halides is 3. The van der Waals surface area contributed by atoms with Crippen LogP contribution in [0.3, 0.4) is 0 Å². The van der Waals surface area contributed by atoms with Crippen molar-refractivity contribution in [3.05, 3.63) is 29.8 Å². The summed E-state index contributed by atoms with van der Waals surface area (Å²) in [7, 11) is 0. The summed E-state index contributed by atoms with van der Waals surface area (Å²) in [5.41, 5.74) is -0.746. The maximum absolute atomic E-state index is 12.1. The summed E-state index contributed by atoms with van der Waals surface area (Å²) in [6, 6.07) is 4.21. The number of rotatable bonds is 1. The first-order chi connectivity index (χ1) is 6.39. The number of hydrogen-bond donors (Lipinski definition) is 0. The Bertz CT molecular complexity index is 333. The van der Waals surface area contributed by atoms with Gasteiger partial charge in [0.2, 0.25) is 0 Å². The number of benzene rings is 1. The van der Waals surface area contributed by atoms with Gasteiger partial charge in [-0.2, -0.15) is 13.2 Å². The van der Waals surface area contributed by atoms with Crippen LogP contribution in [-0.4, -0.2) is 4.57 Å². The topological polar surface area (TPSA) is 17.1 Å². The quantitative estimate of drug-likeness (QED) is 0.542. The molecule has 1 nitrogen and oxygen atoms in total. The molecule has 0 radical (unpaired) electrons. The zero-order chi connectivity index (χ0) is 10.8.